The zero-order valence-corrected chi connectivity index (χ0v) is 15.3. The second-order valence-corrected chi connectivity index (χ2v) is 7.20. The molecule has 0 spiro atoms. The van der Waals surface area contributed by atoms with Crippen LogP contribution >= 0.6 is 11.3 Å². The van der Waals surface area contributed by atoms with E-state index in [-0.39, 0.29) is 23.9 Å². The van der Waals surface area contributed by atoms with Crippen LogP contribution in [0.4, 0.5) is 0 Å². The lowest BCUT2D eigenvalue weighted by molar-refractivity contribution is -0.122. The van der Waals surface area contributed by atoms with Crippen molar-refractivity contribution in [2.75, 3.05) is 0 Å². The number of nitrogens with zero attached hydrogens (tertiary/aromatic N) is 3. The maximum Gasteiger partial charge on any atom is 0.262 e. The minimum Gasteiger partial charge on any atom is -0.348 e. The lowest BCUT2D eigenvalue weighted by atomic mass is 10.2. The Balaban J connectivity index is 1.68. The van der Waals surface area contributed by atoms with Gasteiger partial charge in [-0.3, -0.25) is 19.1 Å². The molecule has 0 fully saturated rings. The van der Waals surface area contributed by atoms with Crippen molar-refractivity contribution in [2.45, 2.75) is 39.8 Å². The first-order valence-electron chi connectivity index (χ1n) is 8.13. The van der Waals surface area contributed by atoms with Gasteiger partial charge in [0.2, 0.25) is 5.91 Å². The molecule has 1 unspecified atom stereocenters. The third-order valence-corrected chi connectivity index (χ3v) is 5.36. The molecule has 0 aliphatic carbocycles. The molecule has 7 heteroatoms. The second-order valence-electron chi connectivity index (χ2n) is 6.00. The van der Waals surface area contributed by atoms with Gasteiger partial charge in [0.15, 0.2) is 0 Å². The molecular weight excluding hydrogens is 336 g/mol. The number of carbonyl (C=O) groups is 1. The average Bonchev–Trinajstić information content (AvgIpc) is 2.90. The molecule has 0 radical (unpaired) electrons. The Morgan fingerprint density at radius 1 is 1.32 bits per heavy atom. The number of aryl methyl sites for hydroxylation is 3. The van der Waals surface area contributed by atoms with E-state index in [9.17, 15) is 9.59 Å². The lowest BCUT2D eigenvalue weighted by Gasteiger charge is -2.13. The van der Waals surface area contributed by atoms with E-state index in [0.29, 0.717) is 11.9 Å². The molecule has 6 nitrogen and oxygen atoms in total. The Hall–Kier alpha value is -2.54. The first-order valence-corrected chi connectivity index (χ1v) is 8.94. The number of hydrogen-bond acceptors (Lipinski definition) is 5. The molecule has 0 bridgehead atoms. The number of pyridine rings is 1. The summed E-state index contributed by atoms with van der Waals surface area (Å²) in [6.45, 7) is 6.11. The normalized spacial score (nSPS) is 12.3. The number of fused-ring (bicyclic) bond motifs is 1. The smallest absolute Gasteiger partial charge is 0.262 e. The molecule has 0 aliphatic rings. The summed E-state index contributed by atoms with van der Waals surface area (Å²) >= 11 is 1.52. The summed E-state index contributed by atoms with van der Waals surface area (Å²) in [4.78, 5) is 35.2. The van der Waals surface area contributed by atoms with Gasteiger partial charge in [-0.05, 0) is 38.5 Å². The van der Waals surface area contributed by atoms with Gasteiger partial charge in [0, 0.05) is 24.0 Å². The van der Waals surface area contributed by atoms with Crippen molar-refractivity contribution >= 4 is 27.5 Å². The number of nitrogens with one attached hydrogen (secondary N) is 1. The molecule has 0 saturated heterocycles. The number of hydrogen-bond donors (Lipinski definition) is 1. The van der Waals surface area contributed by atoms with Crippen LogP contribution in [0.15, 0.2) is 35.5 Å². The van der Waals surface area contributed by atoms with Crippen molar-refractivity contribution in [2.24, 2.45) is 0 Å². The Kier molecular flexibility index (Phi) is 4.94. The minimum atomic E-state index is -0.173. The summed E-state index contributed by atoms with van der Waals surface area (Å²) in [7, 11) is 0. The van der Waals surface area contributed by atoms with E-state index >= 15 is 0 Å². The molecule has 0 aromatic carbocycles. The number of aromatic nitrogens is 3. The van der Waals surface area contributed by atoms with Crippen molar-refractivity contribution in [3.05, 3.63) is 57.2 Å². The average molecular weight is 356 g/mol. The number of carbonyl (C=O) groups excluding carboxylic acids is 1. The van der Waals surface area contributed by atoms with E-state index in [4.69, 9.17) is 0 Å². The molecule has 3 rings (SSSR count). The van der Waals surface area contributed by atoms with Gasteiger partial charge in [-0.25, -0.2) is 4.98 Å². The van der Waals surface area contributed by atoms with Crippen molar-refractivity contribution in [3.63, 3.8) is 0 Å². The Bertz CT molecular complexity index is 962. The van der Waals surface area contributed by atoms with Crippen LogP contribution in [0.2, 0.25) is 0 Å². The van der Waals surface area contributed by atoms with Crippen LogP contribution in [0, 0.1) is 13.8 Å². The summed E-state index contributed by atoms with van der Waals surface area (Å²) < 4.78 is 1.51. The topological polar surface area (TPSA) is 76.9 Å². The third kappa shape index (κ3) is 3.61. The molecule has 1 amide bonds. The van der Waals surface area contributed by atoms with E-state index in [0.717, 1.165) is 21.0 Å². The number of thiophene rings is 1. The fourth-order valence-electron chi connectivity index (χ4n) is 2.67. The number of amides is 1. The van der Waals surface area contributed by atoms with Crippen LogP contribution in [-0.2, 0) is 11.3 Å². The van der Waals surface area contributed by atoms with Crippen LogP contribution in [-0.4, -0.2) is 20.4 Å². The van der Waals surface area contributed by atoms with E-state index in [2.05, 4.69) is 15.3 Å². The van der Waals surface area contributed by atoms with Gasteiger partial charge < -0.3 is 5.32 Å². The molecule has 130 valence electrons. The highest BCUT2D eigenvalue weighted by atomic mass is 32.1. The molecule has 0 aliphatic heterocycles. The van der Waals surface area contributed by atoms with E-state index < -0.39 is 0 Å². The van der Waals surface area contributed by atoms with E-state index in [1.54, 1.807) is 6.20 Å². The third-order valence-electron chi connectivity index (χ3n) is 4.24. The molecule has 3 aromatic heterocycles. The van der Waals surface area contributed by atoms with Crippen molar-refractivity contribution in [1.82, 2.24) is 19.9 Å². The van der Waals surface area contributed by atoms with Gasteiger partial charge in [0.1, 0.15) is 4.83 Å². The predicted octanol–water partition coefficient (Wildman–Crippen LogP) is 2.74. The van der Waals surface area contributed by atoms with E-state index in [1.165, 1.54) is 22.2 Å². The van der Waals surface area contributed by atoms with Crippen LogP contribution in [0.5, 0.6) is 0 Å². The summed E-state index contributed by atoms with van der Waals surface area (Å²) in [5.74, 6) is -0.122. The molecule has 1 atom stereocenters. The summed E-state index contributed by atoms with van der Waals surface area (Å²) in [5.41, 5.74) is 1.69. The summed E-state index contributed by atoms with van der Waals surface area (Å²) in [6, 6.07) is 5.42. The Morgan fingerprint density at radius 3 is 2.84 bits per heavy atom. The maximum atomic E-state index is 12.6. The highest BCUT2D eigenvalue weighted by molar-refractivity contribution is 7.18. The van der Waals surface area contributed by atoms with Crippen LogP contribution in [0.1, 0.15) is 35.5 Å². The zero-order chi connectivity index (χ0) is 18.0. The fourth-order valence-corrected chi connectivity index (χ4v) is 3.66. The molecule has 25 heavy (non-hydrogen) atoms. The minimum absolute atomic E-state index is 0.0857. The highest BCUT2D eigenvalue weighted by Crippen LogP contribution is 2.25. The summed E-state index contributed by atoms with van der Waals surface area (Å²) in [5, 5.41) is 3.56. The quantitative estimate of drug-likeness (QED) is 0.762. The van der Waals surface area contributed by atoms with Gasteiger partial charge in [-0.2, -0.15) is 0 Å². The van der Waals surface area contributed by atoms with Crippen LogP contribution in [0.3, 0.4) is 0 Å². The number of rotatable bonds is 5. The lowest BCUT2D eigenvalue weighted by Crippen LogP contribution is -2.29. The predicted molar refractivity (Wildman–Crippen MR) is 98.8 cm³/mol. The maximum absolute atomic E-state index is 12.6. The summed E-state index contributed by atoms with van der Waals surface area (Å²) in [6.07, 6.45) is 3.44. The molecule has 1 N–H and O–H groups in total. The van der Waals surface area contributed by atoms with Gasteiger partial charge in [0.25, 0.3) is 5.56 Å². The monoisotopic (exact) mass is 356 g/mol. The van der Waals surface area contributed by atoms with Gasteiger partial charge in [-0.1, -0.05) is 6.07 Å². The second kappa shape index (κ2) is 7.14. The van der Waals surface area contributed by atoms with Crippen LogP contribution < -0.4 is 10.9 Å². The fraction of sp³-hybridized carbons (Fsp3) is 0.333. The largest absolute Gasteiger partial charge is 0.348 e. The van der Waals surface area contributed by atoms with Gasteiger partial charge >= 0.3 is 0 Å². The Morgan fingerprint density at radius 2 is 2.12 bits per heavy atom. The zero-order valence-electron chi connectivity index (χ0n) is 14.4. The SMILES string of the molecule is Cc1sc2ncn(CCC(=O)NC(C)c3ccccn3)c(=O)c2c1C. The highest BCUT2D eigenvalue weighted by Gasteiger charge is 2.14. The van der Waals surface area contributed by atoms with Gasteiger partial charge in [0.05, 0.1) is 23.4 Å². The van der Waals surface area contributed by atoms with Crippen molar-refractivity contribution < 1.29 is 4.79 Å². The molecule has 3 aromatic rings. The van der Waals surface area contributed by atoms with Crippen molar-refractivity contribution in [3.8, 4) is 0 Å². The first kappa shape index (κ1) is 17.3. The first-order chi connectivity index (χ1) is 12.0. The standard InChI is InChI=1S/C18H20N4O2S/c1-11-13(3)25-17-16(11)18(24)22(10-20-17)9-7-15(23)21-12(2)14-6-4-5-8-19-14/h4-6,8,10,12H,7,9H2,1-3H3,(H,21,23). The Labute approximate surface area is 149 Å². The van der Waals surface area contributed by atoms with Gasteiger partial charge in [-0.15, -0.1) is 11.3 Å². The molecule has 3 heterocycles. The van der Waals surface area contributed by atoms with E-state index in [1.807, 2.05) is 39.0 Å². The van der Waals surface area contributed by atoms with Crippen LogP contribution in [0.25, 0.3) is 10.2 Å². The van der Waals surface area contributed by atoms with Crippen molar-refractivity contribution in [1.29, 1.82) is 0 Å². The molecular formula is C18H20N4O2S. The molecule has 0 saturated carbocycles.